The van der Waals surface area contributed by atoms with Crippen molar-refractivity contribution in [1.29, 1.82) is 0 Å². The second kappa shape index (κ2) is 26.1. The van der Waals surface area contributed by atoms with Gasteiger partial charge in [-0.05, 0) is 75.5 Å². The molecule has 0 bridgehead atoms. The minimum atomic E-state index is 0.351. The summed E-state index contributed by atoms with van der Waals surface area (Å²) in [6.07, 6.45) is 36.1. The Morgan fingerprint density at radius 3 is 0.667 bits per heavy atom. The van der Waals surface area contributed by atoms with Crippen molar-refractivity contribution < 1.29 is 0 Å². The Morgan fingerprint density at radius 1 is 0.267 bits per heavy atom. The van der Waals surface area contributed by atoms with Crippen LogP contribution < -0.4 is 0 Å². The zero-order valence-electron chi connectivity index (χ0n) is 21.9. The first kappa shape index (κ1) is 30.9. The molecule has 182 valence electrons. The molecule has 0 aromatic heterocycles. The summed E-state index contributed by atoms with van der Waals surface area (Å²) in [6.45, 7) is 9.37. The Bertz CT molecular complexity index is 251. The van der Waals surface area contributed by atoms with E-state index < -0.39 is 0 Å². The summed E-state index contributed by atoms with van der Waals surface area (Å²) in [5.74, 6) is 0. The average Bonchev–Trinajstić information content (AvgIpc) is 2.76. The third-order valence-electron chi connectivity index (χ3n) is 6.51. The van der Waals surface area contributed by atoms with E-state index in [0.29, 0.717) is 15.8 Å². The van der Waals surface area contributed by atoms with E-state index in [-0.39, 0.29) is 0 Å². The monoisotopic (exact) mass is 458 g/mol. The highest BCUT2D eigenvalue weighted by Crippen LogP contribution is 2.42. The molecule has 0 saturated heterocycles. The minimum absolute atomic E-state index is 0.351. The van der Waals surface area contributed by atoms with Gasteiger partial charge in [0.2, 0.25) is 0 Å². The zero-order valence-corrected chi connectivity index (χ0v) is 23.7. The highest BCUT2D eigenvalue weighted by atomic mass is 31.1. The molecule has 0 saturated carbocycles. The van der Waals surface area contributed by atoms with Crippen LogP contribution in [-0.2, 0) is 0 Å². The van der Waals surface area contributed by atoms with Crippen LogP contribution in [0.4, 0.5) is 0 Å². The lowest BCUT2D eigenvalue weighted by Crippen LogP contribution is -2.00. The summed E-state index contributed by atoms with van der Waals surface area (Å²) in [4.78, 5) is 0. The van der Waals surface area contributed by atoms with Crippen molar-refractivity contribution in [2.45, 2.75) is 143 Å². The van der Waals surface area contributed by atoms with Crippen molar-refractivity contribution in [3.8, 4) is 0 Å². The number of unbranched alkanes of at least 4 members (excludes halogenated alkanes) is 13. The van der Waals surface area contributed by atoms with E-state index >= 15 is 0 Å². The van der Waals surface area contributed by atoms with Gasteiger partial charge in [0, 0.05) is 0 Å². The molecule has 0 rings (SSSR count). The highest BCUT2D eigenvalue weighted by Gasteiger charge is 2.11. The van der Waals surface area contributed by atoms with Gasteiger partial charge in [-0.25, -0.2) is 0 Å². The van der Waals surface area contributed by atoms with Crippen LogP contribution in [0, 0.1) is 0 Å². The van der Waals surface area contributed by atoms with E-state index in [2.05, 4.69) is 27.7 Å². The zero-order chi connectivity index (χ0) is 22.1. The lowest BCUT2D eigenvalue weighted by molar-refractivity contribution is 0.693. The summed E-state index contributed by atoms with van der Waals surface area (Å²) in [7, 11) is 0.701. The molecule has 0 atom stereocenters. The summed E-state index contributed by atoms with van der Waals surface area (Å²) < 4.78 is 0. The van der Waals surface area contributed by atoms with Crippen LogP contribution in [0.3, 0.4) is 0 Å². The van der Waals surface area contributed by atoms with Crippen molar-refractivity contribution in [3.63, 3.8) is 0 Å². The third-order valence-corrected chi connectivity index (χ3v) is 12.2. The van der Waals surface area contributed by atoms with E-state index in [4.69, 9.17) is 0 Å². The fourth-order valence-electron chi connectivity index (χ4n) is 4.39. The Kier molecular flexibility index (Phi) is 26.9. The number of hydrogen-bond donors (Lipinski definition) is 0. The molecular weight excluding hydrogens is 398 g/mol. The predicted molar refractivity (Wildman–Crippen MR) is 149 cm³/mol. The molecule has 0 amide bonds. The van der Waals surface area contributed by atoms with Crippen LogP contribution >= 0.6 is 15.8 Å². The maximum absolute atomic E-state index is 2.34. The molecule has 30 heavy (non-hydrogen) atoms. The van der Waals surface area contributed by atoms with Crippen molar-refractivity contribution in [3.05, 3.63) is 0 Å². The van der Waals surface area contributed by atoms with Gasteiger partial charge in [0.15, 0.2) is 0 Å². The second-order valence-corrected chi connectivity index (χ2v) is 15.0. The van der Waals surface area contributed by atoms with Gasteiger partial charge < -0.3 is 0 Å². The molecule has 0 unspecified atom stereocenters. The normalized spacial score (nSPS) is 11.8. The molecule has 0 radical (unpaired) electrons. The molecule has 0 N–H and O–H groups in total. The Balaban J connectivity index is 4.17. The van der Waals surface area contributed by atoms with Crippen LogP contribution in [0.15, 0.2) is 0 Å². The molecule has 0 nitrogen and oxygen atoms in total. The average molecular weight is 459 g/mol. The lowest BCUT2D eigenvalue weighted by Gasteiger charge is -2.20. The summed E-state index contributed by atoms with van der Waals surface area (Å²) in [5, 5.41) is 0. The molecule has 0 aromatic carbocycles. The van der Waals surface area contributed by atoms with Crippen LogP contribution in [0.25, 0.3) is 0 Å². The standard InChI is InChI=1S/C28H60P2/c1-5-9-13-17-23-29(24-18-14-10-6-2)27-21-22-28-30(25-19-15-11-7-3)26-20-16-12-8-4/h5-28H2,1-4H3. The Morgan fingerprint density at radius 2 is 0.467 bits per heavy atom. The first-order valence-corrected chi connectivity index (χ1v) is 18.0. The van der Waals surface area contributed by atoms with Gasteiger partial charge in [0.05, 0.1) is 0 Å². The molecule has 0 spiro atoms. The Hall–Kier alpha value is 0.860. The first-order valence-electron chi connectivity index (χ1n) is 14.2. The molecule has 0 heterocycles. The van der Waals surface area contributed by atoms with Gasteiger partial charge in [-0.3, -0.25) is 0 Å². The lowest BCUT2D eigenvalue weighted by atomic mass is 10.2. The van der Waals surface area contributed by atoms with Crippen molar-refractivity contribution in [2.75, 3.05) is 37.0 Å². The van der Waals surface area contributed by atoms with Crippen LogP contribution in [-0.4, -0.2) is 37.0 Å². The molecule has 0 fully saturated rings. The maximum Gasteiger partial charge on any atom is -0.0326 e. The fourth-order valence-corrected chi connectivity index (χ4v) is 9.76. The molecule has 0 aliphatic heterocycles. The van der Waals surface area contributed by atoms with Gasteiger partial charge in [-0.15, -0.1) is 15.8 Å². The minimum Gasteiger partial charge on any atom is -0.107 e. The molecule has 0 aliphatic carbocycles. The fraction of sp³-hybridized carbons (Fsp3) is 1.00. The van der Waals surface area contributed by atoms with E-state index in [0.717, 1.165) is 0 Å². The summed E-state index contributed by atoms with van der Waals surface area (Å²) in [5.41, 5.74) is 0. The third kappa shape index (κ3) is 22.1. The summed E-state index contributed by atoms with van der Waals surface area (Å²) in [6, 6.07) is 0. The SMILES string of the molecule is CCCCCCP(CCCCCC)CCCCP(CCCCCC)CCCCCC. The number of hydrogen-bond acceptors (Lipinski definition) is 0. The van der Waals surface area contributed by atoms with E-state index in [9.17, 15) is 0 Å². The highest BCUT2D eigenvalue weighted by molar-refractivity contribution is 7.58. The van der Waals surface area contributed by atoms with Gasteiger partial charge in [0.25, 0.3) is 0 Å². The van der Waals surface area contributed by atoms with Gasteiger partial charge in [0.1, 0.15) is 0 Å². The smallest absolute Gasteiger partial charge is 0.0326 e. The second-order valence-electron chi connectivity index (χ2n) is 9.63. The van der Waals surface area contributed by atoms with E-state index in [1.165, 1.54) is 103 Å². The molecular formula is C28H60P2. The largest absolute Gasteiger partial charge is 0.107 e. The van der Waals surface area contributed by atoms with Crippen molar-refractivity contribution in [1.82, 2.24) is 0 Å². The molecule has 2 heteroatoms. The van der Waals surface area contributed by atoms with Crippen molar-refractivity contribution in [2.24, 2.45) is 0 Å². The van der Waals surface area contributed by atoms with E-state index in [1.54, 1.807) is 49.8 Å². The number of rotatable bonds is 25. The van der Waals surface area contributed by atoms with Crippen molar-refractivity contribution >= 4 is 15.8 Å². The van der Waals surface area contributed by atoms with Crippen LogP contribution in [0.5, 0.6) is 0 Å². The van der Waals surface area contributed by atoms with Gasteiger partial charge in [-0.1, -0.05) is 105 Å². The summed E-state index contributed by atoms with van der Waals surface area (Å²) >= 11 is 0. The van der Waals surface area contributed by atoms with Gasteiger partial charge in [-0.2, -0.15) is 0 Å². The maximum atomic E-state index is 2.34. The predicted octanol–water partition coefficient (Wildman–Crippen LogP) is 11.1. The topological polar surface area (TPSA) is 0 Å². The molecule has 0 aromatic rings. The quantitative estimate of drug-likeness (QED) is 0.0942. The van der Waals surface area contributed by atoms with Gasteiger partial charge >= 0.3 is 0 Å². The van der Waals surface area contributed by atoms with Crippen LogP contribution in [0.2, 0.25) is 0 Å². The Labute approximate surface area is 196 Å². The van der Waals surface area contributed by atoms with E-state index in [1.807, 2.05) is 0 Å². The molecule has 0 aliphatic rings. The first-order chi connectivity index (χ1) is 14.8. The van der Waals surface area contributed by atoms with Crippen LogP contribution in [0.1, 0.15) is 143 Å².